The smallest absolute Gasteiger partial charge is 0.407 e. The van der Waals surface area contributed by atoms with Crippen LogP contribution in [0.15, 0.2) is 72.3 Å². The van der Waals surface area contributed by atoms with Crippen LogP contribution in [0, 0.1) is 0 Å². The van der Waals surface area contributed by atoms with E-state index in [0.29, 0.717) is 18.9 Å². The number of carbonyl (C=O) groups excluding carboxylic acids is 5. The summed E-state index contributed by atoms with van der Waals surface area (Å²) in [5.41, 5.74) is 17.6. The highest BCUT2D eigenvalue weighted by Crippen LogP contribution is 2.36. The van der Waals surface area contributed by atoms with Crippen LogP contribution in [-0.2, 0) is 41.8 Å². The number of esters is 1. The van der Waals surface area contributed by atoms with E-state index in [1.165, 1.54) is 7.11 Å². The van der Waals surface area contributed by atoms with Crippen LogP contribution in [-0.4, -0.2) is 110 Å². The third-order valence-electron chi connectivity index (χ3n) is 11.7. The normalized spacial score (nSPS) is 24.8. The van der Waals surface area contributed by atoms with Crippen molar-refractivity contribution < 1.29 is 43.3 Å². The Morgan fingerprint density at radius 2 is 1.11 bits per heavy atom. The van der Waals surface area contributed by atoms with Crippen LogP contribution < -0.4 is 38.5 Å². The van der Waals surface area contributed by atoms with Gasteiger partial charge in [0.25, 0.3) is 0 Å². The van der Waals surface area contributed by atoms with Crippen molar-refractivity contribution in [2.75, 3.05) is 35.4 Å². The Morgan fingerprint density at radius 3 is 1.48 bits per heavy atom. The van der Waals surface area contributed by atoms with Crippen molar-refractivity contribution in [1.82, 2.24) is 36.9 Å². The van der Waals surface area contributed by atoms with Crippen LogP contribution in [0.5, 0.6) is 0 Å². The minimum absolute atomic E-state index is 0.0434. The summed E-state index contributed by atoms with van der Waals surface area (Å²) in [7, 11) is 7.59. The topological polar surface area (TPSA) is 252 Å². The molecule has 63 heavy (non-hydrogen) atoms. The molecule has 0 bridgehead atoms. The number of alkyl carbamates (subject to hydrolysis) is 2. The van der Waals surface area contributed by atoms with E-state index in [0.717, 1.165) is 101 Å². The zero-order valence-corrected chi connectivity index (χ0v) is 37.7. The Morgan fingerprint density at radius 1 is 0.730 bits per heavy atom. The second kappa shape index (κ2) is 27.2. The van der Waals surface area contributed by atoms with Gasteiger partial charge in [0.1, 0.15) is 13.2 Å². The minimum Gasteiger partial charge on any atom is -0.466 e. The second-order valence-electron chi connectivity index (χ2n) is 16.5. The molecule has 2 aromatic carbocycles. The summed E-state index contributed by atoms with van der Waals surface area (Å²) in [6.45, 7) is 0.553. The number of carbonyl (C=O) groups is 5. The fourth-order valence-electron chi connectivity index (χ4n) is 8.18. The number of aliphatic hydroxyl groups excluding tert-OH is 1. The van der Waals surface area contributed by atoms with Gasteiger partial charge < -0.3 is 35.7 Å². The number of hydrogen-bond acceptors (Lipinski definition) is 14. The van der Waals surface area contributed by atoms with Gasteiger partial charge in [-0.3, -0.25) is 30.9 Å². The zero-order chi connectivity index (χ0) is 46.3. The highest BCUT2D eigenvalue weighted by molar-refractivity contribution is 5.82. The van der Waals surface area contributed by atoms with E-state index in [1.807, 2.05) is 60.7 Å². The van der Waals surface area contributed by atoms with E-state index in [4.69, 9.17) is 20.3 Å². The van der Waals surface area contributed by atoms with Crippen molar-refractivity contribution in [3.8, 4) is 0 Å². The maximum atomic E-state index is 11.9. The standard InChI is InChI=1S/C17H23N3O3.C17H21NO4.C9H17N3O.CH6N2.CH4O/c1-20-15(21)11-17(19-20)9-7-14(8-10-17)18-16(22)23-12-13-5-3-2-4-6-13;1-21-16(19)11-13-7-9-15(10-8-13)18-17(20)22-12-14-5-3-2-4-6-14;1-12-8(13)6-9(11-12)4-2-7(10)3-5-9;1-3-2;1-2/h2-6,14,19H,7-12H2,1H3,(H,18,22);2-6,11,15H,7-10,12H2,1H3,(H,18,20);7,11H,2-6,10H2,1H3;3H,2H2,1H3;2H,1H3. The van der Waals surface area contributed by atoms with Crippen LogP contribution in [0.2, 0.25) is 0 Å². The van der Waals surface area contributed by atoms with Gasteiger partial charge in [-0.2, -0.15) is 0 Å². The number of rotatable bonds is 7. The van der Waals surface area contributed by atoms with E-state index in [1.54, 1.807) is 37.2 Å². The Hall–Kier alpha value is -5.11. The average Bonchev–Trinajstić information content (AvgIpc) is 3.74. The molecular weight excluding hydrogens is 811 g/mol. The first-order chi connectivity index (χ1) is 30.3. The summed E-state index contributed by atoms with van der Waals surface area (Å²) < 4.78 is 15.1. The fourth-order valence-corrected chi connectivity index (χ4v) is 8.18. The molecule has 7 rings (SSSR count). The summed E-state index contributed by atoms with van der Waals surface area (Å²) in [6.07, 6.45) is 12.8. The van der Waals surface area contributed by atoms with E-state index in [2.05, 4.69) is 37.5 Å². The molecule has 0 unspecified atom stereocenters. The quantitative estimate of drug-likeness (QED) is 0.0651. The lowest BCUT2D eigenvalue weighted by atomic mass is 9.78. The number of nitrogens with zero attached hydrogens (tertiary/aromatic N) is 2. The Labute approximate surface area is 372 Å². The van der Waals surface area contributed by atoms with Crippen molar-refractivity contribution in [1.29, 1.82) is 0 Å². The molecule has 0 aromatic heterocycles. The minimum atomic E-state index is -0.394. The first-order valence-electron chi connectivity index (χ1n) is 21.6. The number of amides is 4. The van der Waals surface area contributed by atoms with Crippen LogP contribution in [0.4, 0.5) is 9.59 Å². The van der Waals surface area contributed by atoms with Crippen LogP contribution >= 0.6 is 0 Å². The van der Waals surface area contributed by atoms with Crippen molar-refractivity contribution in [3.63, 3.8) is 0 Å². The summed E-state index contributed by atoms with van der Waals surface area (Å²) in [4.78, 5) is 57.9. The van der Waals surface area contributed by atoms with Crippen molar-refractivity contribution in [2.24, 2.45) is 11.6 Å². The number of methoxy groups -OCH3 is 1. The molecule has 18 nitrogen and oxygen atoms in total. The van der Waals surface area contributed by atoms with Crippen LogP contribution in [0.1, 0.15) is 101 Å². The molecule has 2 heterocycles. The van der Waals surface area contributed by atoms with Crippen molar-refractivity contribution in [3.05, 3.63) is 83.4 Å². The number of hydrazine groups is 3. The summed E-state index contributed by atoms with van der Waals surface area (Å²) >= 11 is 0. The number of allylic oxidation sites excluding steroid dienone is 1. The molecule has 5 fully saturated rings. The summed E-state index contributed by atoms with van der Waals surface area (Å²) in [5, 5.41) is 16.0. The summed E-state index contributed by atoms with van der Waals surface area (Å²) in [5.74, 6) is 4.62. The number of nitrogens with one attached hydrogen (secondary N) is 5. The maximum absolute atomic E-state index is 11.9. The molecule has 2 aliphatic heterocycles. The van der Waals surface area contributed by atoms with E-state index < -0.39 is 6.09 Å². The fraction of sp³-hybridized carbons (Fsp3) is 0.578. The van der Waals surface area contributed by atoms with Crippen molar-refractivity contribution >= 4 is 30.0 Å². The Balaban J connectivity index is 0.000000246. The summed E-state index contributed by atoms with van der Waals surface area (Å²) in [6, 6.07) is 19.8. The van der Waals surface area contributed by atoms with Gasteiger partial charge in [0.2, 0.25) is 11.8 Å². The monoisotopic (exact) mass is 882 g/mol. The van der Waals surface area contributed by atoms with Gasteiger partial charge in [0.15, 0.2) is 0 Å². The van der Waals surface area contributed by atoms with E-state index in [9.17, 15) is 24.0 Å². The molecule has 2 aromatic rings. The highest BCUT2D eigenvalue weighted by Gasteiger charge is 2.44. The molecule has 4 amide bonds. The molecule has 2 saturated heterocycles. The second-order valence-corrected chi connectivity index (χ2v) is 16.5. The van der Waals surface area contributed by atoms with Crippen LogP contribution in [0.3, 0.4) is 0 Å². The number of nitrogens with two attached hydrogens (primary N) is 2. The molecule has 10 N–H and O–H groups in total. The Bertz CT molecular complexity index is 1730. The molecule has 18 heteroatoms. The largest absolute Gasteiger partial charge is 0.466 e. The van der Waals surface area contributed by atoms with Gasteiger partial charge in [0, 0.05) is 69.3 Å². The molecule has 2 spiro atoms. The number of benzene rings is 2. The number of ether oxygens (including phenoxy) is 3. The number of hydrogen-bond donors (Lipinski definition) is 8. The molecule has 0 radical (unpaired) electrons. The molecule has 5 aliphatic rings. The van der Waals surface area contributed by atoms with Gasteiger partial charge in [-0.1, -0.05) is 66.2 Å². The molecule has 3 saturated carbocycles. The van der Waals surface area contributed by atoms with Gasteiger partial charge in [-0.05, 0) is 95.2 Å². The van der Waals surface area contributed by atoms with Gasteiger partial charge in [-0.25, -0.2) is 25.2 Å². The zero-order valence-electron chi connectivity index (χ0n) is 37.7. The third kappa shape index (κ3) is 18.3. The first kappa shape index (κ1) is 52.2. The molecule has 0 atom stereocenters. The van der Waals surface area contributed by atoms with Gasteiger partial charge in [0.05, 0.1) is 7.11 Å². The Kier molecular flexibility index (Phi) is 22.5. The molecule has 3 aliphatic carbocycles. The van der Waals surface area contributed by atoms with Crippen LogP contribution in [0.25, 0.3) is 0 Å². The lowest BCUT2D eigenvalue weighted by Gasteiger charge is -2.36. The third-order valence-corrected chi connectivity index (χ3v) is 11.7. The van der Waals surface area contributed by atoms with Crippen molar-refractivity contribution in [2.45, 2.75) is 132 Å². The van der Waals surface area contributed by atoms with E-state index in [-0.39, 0.29) is 60.3 Å². The maximum Gasteiger partial charge on any atom is 0.407 e. The SMILES string of the molecule is CN1NC2(CCC(N)CC2)CC1=O.CN1NC2(CCC(NC(=O)OCc3ccccc3)CC2)CC1=O.CNN.CO.COC(=O)C=C1CCC(NC(=O)OCc2ccccc2)CC1. The first-order valence-corrected chi connectivity index (χ1v) is 21.6. The predicted octanol–water partition coefficient (Wildman–Crippen LogP) is 3.60. The van der Waals surface area contributed by atoms with Gasteiger partial charge >= 0.3 is 18.2 Å². The lowest BCUT2D eigenvalue weighted by molar-refractivity contribution is -0.135. The molecule has 350 valence electrons. The number of aliphatic hydroxyl groups is 1. The average molecular weight is 882 g/mol. The van der Waals surface area contributed by atoms with E-state index >= 15 is 0 Å². The predicted molar refractivity (Wildman–Crippen MR) is 238 cm³/mol. The highest BCUT2D eigenvalue weighted by atomic mass is 16.6. The molecular formula is C45H71N9O9. The lowest BCUT2D eigenvalue weighted by Crippen LogP contribution is -2.50. The van der Waals surface area contributed by atoms with Gasteiger partial charge in [-0.15, -0.1) is 0 Å².